The predicted octanol–water partition coefficient (Wildman–Crippen LogP) is -8.11. The number of carbonyl (C=O) groups is 1. The minimum atomic E-state index is -1.67. The number of hydrogen-bond donors (Lipinski definition) is 8. The summed E-state index contributed by atoms with van der Waals surface area (Å²) in [5.74, 6) is -1.93. The molecule has 6 rings (SSSR count). The zero-order chi connectivity index (χ0) is 29.7. The van der Waals surface area contributed by atoms with Crippen LogP contribution in [0.1, 0.15) is 58.8 Å². The molecule has 15 atom stereocenters. The maximum Gasteiger partial charge on any atom is 0.331 e. The van der Waals surface area contributed by atoms with Gasteiger partial charge in [0.15, 0.2) is 6.29 Å². The first kappa shape index (κ1) is 51.9. The van der Waals surface area contributed by atoms with Crippen molar-refractivity contribution >= 4 is 5.97 Å². The SMILES string of the molecule is CC1OC(OC2CC(O)[C@]3(CO)C4C(O)C[C@]5(C)C(C6=CC(=O)OC6)CC[C@]5(O)C4CC[C@]3(O)C2)C(O)C(O)C1O.O.O.O.O.O.O.O.O. The fourth-order valence-electron chi connectivity index (χ4n) is 10.1. The highest BCUT2D eigenvalue weighted by Crippen LogP contribution is 2.70. The lowest BCUT2D eigenvalue weighted by Gasteiger charge is -2.68. The van der Waals surface area contributed by atoms with Crippen molar-refractivity contribution in [2.75, 3.05) is 13.2 Å². The Kier molecular flexibility index (Phi) is 18.3. The molecule has 1 saturated heterocycles. The highest BCUT2D eigenvalue weighted by Gasteiger charge is 2.75. The number of carbonyl (C=O) groups excluding carboxylic acids is 1. The van der Waals surface area contributed by atoms with Crippen LogP contribution in [-0.4, -0.2) is 164 Å². The Balaban J connectivity index is -0.00000264. The number of aliphatic hydroxyl groups excluding tert-OH is 6. The standard InChI is InChI=1S/C29H44O12.8H2O/c1-13-22(34)23(35)24(36)25(40-13)41-15-8-19(32)28(12-30)21-17(3-5-27(28,37)9-15)29(38)6-4-16(14-7-20(33)39-11-14)26(29,2)10-18(21)31;;;;;;;;/h7,13,15-19,21-25,30-32,34-38H,3-6,8-12H2,1-2H3;8*1H2/t13?,15?,16?,17?,18?,19?,21?,22?,23?,24?,25?,26-,27+,28-,29+;;;;;;;;/m1......../s1. The average Bonchev–Trinajstić information content (AvgIpc) is 3.45. The topological polar surface area (TPSA) is 459 Å². The van der Waals surface area contributed by atoms with Gasteiger partial charge in [-0.2, -0.15) is 0 Å². The van der Waals surface area contributed by atoms with Crippen molar-refractivity contribution in [3.05, 3.63) is 11.6 Å². The molecule has 24 N–H and O–H groups in total. The summed E-state index contributed by atoms with van der Waals surface area (Å²) in [6.45, 7) is 3.00. The molecule has 296 valence electrons. The van der Waals surface area contributed by atoms with E-state index in [9.17, 15) is 45.6 Å². The Morgan fingerprint density at radius 2 is 1.49 bits per heavy atom. The molecule has 20 heteroatoms. The molecule has 11 unspecified atom stereocenters. The molecule has 0 amide bonds. The summed E-state index contributed by atoms with van der Waals surface area (Å²) in [4.78, 5) is 11.8. The third kappa shape index (κ3) is 7.02. The molecule has 6 aliphatic rings. The van der Waals surface area contributed by atoms with E-state index in [1.165, 1.54) is 13.0 Å². The molecule has 49 heavy (non-hydrogen) atoms. The molecule has 4 saturated carbocycles. The lowest BCUT2D eigenvalue weighted by molar-refractivity contribution is -0.342. The summed E-state index contributed by atoms with van der Waals surface area (Å²) in [7, 11) is 0. The van der Waals surface area contributed by atoms with E-state index in [0.29, 0.717) is 19.3 Å². The predicted molar refractivity (Wildman–Crippen MR) is 168 cm³/mol. The maximum absolute atomic E-state index is 12.4. The van der Waals surface area contributed by atoms with Crippen LogP contribution in [-0.2, 0) is 19.0 Å². The van der Waals surface area contributed by atoms with Crippen molar-refractivity contribution in [1.29, 1.82) is 0 Å². The lowest BCUT2D eigenvalue weighted by atomic mass is 9.40. The van der Waals surface area contributed by atoms with Crippen molar-refractivity contribution in [1.82, 2.24) is 0 Å². The molecule has 5 fully saturated rings. The molecule has 0 radical (unpaired) electrons. The van der Waals surface area contributed by atoms with E-state index < -0.39 is 95.5 Å². The highest BCUT2D eigenvalue weighted by atomic mass is 16.7. The van der Waals surface area contributed by atoms with Gasteiger partial charge in [-0.1, -0.05) is 6.92 Å². The van der Waals surface area contributed by atoms with E-state index in [2.05, 4.69) is 0 Å². The highest BCUT2D eigenvalue weighted by molar-refractivity contribution is 5.85. The fraction of sp³-hybridized carbons (Fsp3) is 0.897. The van der Waals surface area contributed by atoms with E-state index in [0.717, 1.165) is 5.57 Å². The molecule has 0 bridgehead atoms. The number of fused-ring (bicyclic) bond motifs is 5. The van der Waals surface area contributed by atoms with Crippen molar-refractivity contribution in [3.8, 4) is 0 Å². The summed E-state index contributed by atoms with van der Waals surface area (Å²) < 4.78 is 16.7. The molecule has 0 aromatic rings. The molecular weight excluding hydrogens is 668 g/mol. The first-order chi connectivity index (χ1) is 19.2. The largest absolute Gasteiger partial charge is 0.458 e. The Labute approximate surface area is 282 Å². The Hall–Kier alpha value is -1.51. The number of aliphatic hydroxyl groups is 8. The third-order valence-corrected chi connectivity index (χ3v) is 12.2. The molecule has 2 aliphatic heterocycles. The number of ether oxygens (including phenoxy) is 3. The van der Waals surface area contributed by atoms with Gasteiger partial charge in [0.25, 0.3) is 0 Å². The normalized spacial score (nSPS) is 47.6. The summed E-state index contributed by atoms with van der Waals surface area (Å²) in [6, 6.07) is 0. The van der Waals surface area contributed by atoms with Crippen LogP contribution >= 0.6 is 0 Å². The Bertz CT molecular complexity index is 1100. The number of cyclic esters (lactones) is 1. The maximum atomic E-state index is 12.4. The number of rotatable bonds is 4. The van der Waals surface area contributed by atoms with Gasteiger partial charge in [0.2, 0.25) is 0 Å². The summed E-state index contributed by atoms with van der Waals surface area (Å²) in [6.07, 6.45) is -6.68. The van der Waals surface area contributed by atoms with E-state index in [1.807, 2.05) is 6.92 Å². The smallest absolute Gasteiger partial charge is 0.331 e. The van der Waals surface area contributed by atoms with Crippen LogP contribution in [0.15, 0.2) is 11.6 Å². The van der Waals surface area contributed by atoms with Crippen molar-refractivity contribution in [3.63, 3.8) is 0 Å². The first-order valence-corrected chi connectivity index (χ1v) is 14.9. The van der Waals surface area contributed by atoms with Crippen molar-refractivity contribution in [2.24, 2.45) is 28.6 Å². The van der Waals surface area contributed by atoms with E-state index in [1.54, 1.807) is 0 Å². The van der Waals surface area contributed by atoms with Crippen molar-refractivity contribution < 1.29 is 104 Å². The summed E-state index contributed by atoms with van der Waals surface area (Å²) in [5, 5.41) is 89.6. The zero-order valence-electron chi connectivity index (χ0n) is 27.5. The van der Waals surface area contributed by atoms with Gasteiger partial charge in [0.1, 0.15) is 24.9 Å². The Morgan fingerprint density at radius 3 is 2.04 bits per heavy atom. The van der Waals surface area contributed by atoms with Crippen LogP contribution in [0.3, 0.4) is 0 Å². The molecule has 2 heterocycles. The van der Waals surface area contributed by atoms with Crippen LogP contribution in [0.25, 0.3) is 0 Å². The summed E-state index contributed by atoms with van der Waals surface area (Å²) in [5.41, 5.74) is -4.46. The van der Waals surface area contributed by atoms with Gasteiger partial charge in [-0.15, -0.1) is 0 Å². The van der Waals surface area contributed by atoms with E-state index >= 15 is 0 Å². The van der Waals surface area contributed by atoms with Gasteiger partial charge in [-0.25, -0.2) is 4.79 Å². The molecule has 0 aromatic heterocycles. The zero-order valence-corrected chi connectivity index (χ0v) is 27.5. The van der Waals surface area contributed by atoms with Gasteiger partial charge in [-0.05, 0) is 56.4 Å². The van der Waals surface area contributed by atoms with Gasteiger partial charge < -0.3 is 98.9 Å². The second-order valence-electron chi connectivity index (χ2n) is 13.8. The minimum Gasteiger partial charge on any atom is -0.458 e. The van der Waals surface area contributed by atoms with E-state index in [4.69, 9.17) is 14.2 Å². The number of hydrogen-bond acceptors (Lipinski definition) is 12. The minimum absolute atomic E-state index is 0. The molecule has 20 nitrogen and oxygen atoms in total. The molecule has 0 spiro atoms. The Morgan fingerprint density at radius 1 is 0.878 bits per heavy atom. The quantitative estimate of drug-likeness (QED) is 0.0988. The van der Waals surface area contributed by atoms with Crippen LogP contribution in [0, 0.1) is 28.6 Å². The summed E-state index contributed by atoms with van der Waals surface area (Å²) >= 11 is 0. The monoisotopic (exact) mass is 728 g/mol. The molecule has 0 aromatic carbocycles. The average molecular weight is 729 g/mol. The first-order valence-electron chi connectivity index (χ1n) is 14.9. The third-order valence-electron chi connectivity index (χ3n) is 12.2. The number of esters is 1. The van der Waals surface area contributed by atoms with Crippen LogP contribution in [0.5, 0.6) is 0 Å². The second-order valence-corrected chi connectivity index (χ2v) is 13.8. The molecular formula is C29H60O20. The van der Waals surface area contributed by atoms with Crippen LogP contribution in [0.4, 0.5) is 0 Å². The van der Waals surface area contributed by atoms with E-state index in [-0.39, 0.29) is 82.0 Å². The van der Waals surface area contributed by atoms with Crippen LogP contribution in [0.2, 0.25) is 0 Å². The van der Waals surface area contributed by atoms with Crippen molar-refractivity contribution in [2.45, 2.75) is 119 Å². The van der Waals surface area contributed by atoms with Gasteiger partial charge in [0.05, 0.1) is 47.6 Å². The lowest BCUT2D eigenvalue weighted by Crippen LogP contribution is -2.76. The van der Waals surface area contributed by atoms with Gasteiger partial charge in [-0.3, -0.25) is 0 Å². The van der Waals surface area contributed by atoms with Gasteiger partial charge in [0, 0.05) is 30.3 Å². The van der Waals surface area contributed by atoms with Gasteiger partial charge >= 0.3 is 5.97 Å². The molecule has 4 aliphatic carbocycles. The fourth-order valence-corrected chi connectivity index (χ4v) is 10.1. The van der Waals surface area contributed by atoms with Crippen LogP contribution < -0.4 is 0 Å². The second kappa shape index (κ2) is 17.3.